The zero-order valence-electron chi connectivity index (χ0n) is 16.6. The van der Waals surface area contributed by atoms with Gasteiger partial charge in [0.2, 0.25) is 0 Å². The molecule has 30 heavy (non-hydrogen) atoms. The minimum absolute atomic E-state index is 0.252. The van der Waals surface area contributed by atoms with Crippen LogP contribution in [0.5, 0.6) is 11.5 Å². The zero-order chi connectivity index (χ0) is 20.3. The average molecular weight is 418 g/mol. The highest BCUT2D eigenvalue weighted by Crippen LogP contribution is 2.50. The number of allylic oxidation sites excluding steroid dienone is 2. The van der Waals surface area contributed by atoms with Gasteiger partial charge in [-0.05, 0) is 65.9 Å². The molecule has 0 radical (unpaired) electrons. The Hall–Kier alpha value is -2.91. The van der Waals surface area contributed by atoms with E-state index in [-0.39, 0.29) is 6.04 Å². The first-order chi connectivity index (χ1) is 14.8. The lowest BCUT2D eigenvalue weighted by Crippen LogP contribution is -2.29. The van der Waals surface area contributed by atoms with Crippen LogP contribution in [-0.2, 0) is 0 Å². The number of para-hydroxylation sites is 1. The van der Waals surface area contributed by atoms with Crippen LogP contribution in [-0.4, -0.2) is 13.2 Å². The van der Waals surface area contributed by atoms with Crippen LogP contribution >= 0.6 is 11.6 Å². The highest BCUT2D eigenvalue weighted by molar-refractivity contribution is 6.30. The molecule has 0 aromatic heterocycles. The molecule has 3 unspecified atom stereocenters. The summed E-state index contributed by atoms with van der Waals surface area (Å²) in [7, 11) is 0. The molecule has 0 fully saturated rings. The molecule has 3 aromatic carbocycles. The van der Waals surface area contributed by atoms with E-state index < -0.39 is 0 Å². The highest BCUT2D eigenvalue weighted by atomic mass is 35.5. The maximum atomic E-state index is 6.26. The second-order valence-electron chi connectivity index (χ2n) is 7.79. The summed E-state index contributed by atoms with van der Waals surface area (Å²) in [4.78, 5) is 0. The number of hydrogen-bond donors (Lipinski definition) is 1. The van der Waals surface area contributed by atoms with Gasteiger partial charge < -0.3 is 14.8 Å². The van der Waals surface area contributed by atoms with E-state index in [2.05, 4.69) is 41.7 Å². The van der Waals surface area contributed by atoms with E-state index in [9.17, 15) is 0 Å². The van der Waals surface area contributed by atoms with Crippen LogP contribution in [0.2, 0.25) is 5.02 Å². The van der Waals surface area contributed by atoms with Crippen LogP contribution in [0, 0.1) is 5.92 Å². The van der Waals surface area contributed by atoms with E-state index in [4.69, 9.17) is 21.1 Å². The summed E-state index contributed by atoms with van der Waals surface area (Å²) in [5, 5.41) is 4.53. The molecular weight excluding hydrogens is 394 g/mol. The molecule has 0 amide bonds. The Balaban J connectivity index is 1.30. The van der Waals surface area contributed by atoms with Gasteiger partial charge in [0.25, 0.3) is 0 Å². The first kappa shape index (κ1) is 19.1. The summed E-state index contributed by atoms with van der Waals surface area (Å²) in [5.74, 6) is 2.61. The van der Waals surface area contributed by atoms with Crippen molar-refractivity contribution in [3.63, 3.8) is 0 Å². The van der Waals surface area contributed by atoms with Crippen molar-refractivity contribution in [3.05, 3.63) is 101 Å². The number of hydrogen-bond acceptors (Lipinski definition) is 3. The molecule has 1 aliphatic heterocycles. The van der Waals surface area contributed by atoms with Crippen molar-refractivity contribution in [3.8, 4) is 11.5 Å². The van der Waals surface area contributed by atoms with Crippen molar-refractivity contribution in [2.75, 3.05) is 18.5 Å². The molecule has 4 heteroatoms. The molecule has 0 spiro atoms. The normalized spacial score (nSPS) is 21.4. The summed E-state index contributed by atoms with van der Waals surface area (Å²) < 4.78 is 11.7. The Morgan fingerprint density at radius 2 is 1.70 bits per heavy atom. The Labute approximate surface area is 182 Å². The first-order valence-electron chi connectivity index (χ1n) is 10.4. The molecule has 3 atom stereocenters. The largest absolute Gasteiger partial charge is 0.490 e. The molecule has 152 valence electrons. The van der Waals surface area contributed by atoms with Crippen LogP contribution in [0.15, 0.2) is 84.9 Å². The number of rotatable bonds is 6. The number of nitrogens with one attached hydrogen (secondary N) is 1. The molecule has 1 heterocycles. The van der Waals surface area contributed by atoms with Crippen molar-refractivity contribution in [1.29, 1.82) is 0 Å². The van der Waals surface area contributed by atoms with E-state index in [0.717, 1.165) is 22.9 Å². The van der Waals surface area contributed by atoms with E-state index >= 15 is 0 Å². The lowest BCUT2D eigenvalue weighted by Gasteiger charge is -2.37. The van der Waals surface area contributed by atoms with Gasteiger partial charge >= 0.3 is 0 Å². The number of fused-ring (bicyclic) bond motifs is 3. The van der Waals surface area contributed by atoms with Crippen LogP contribution < -0.4 is 14.8 Å². The molecule has 3 nitrogen and oxygen atoms in total. The van der Waals surface area contributed by atoms with E-state index in [1.165, 1.54) is 16.8 Å². The maximum Gasteiger partial charge on any atom is 0.122 e. The topological polar surface area (TPSA) is 30.5 Å². The molecule has 0 saturated carbocycles. The SMILES string of the molecule is Clc1cccc(C2Nc3ccc(OCCOc4ccccc4)cc3C3C=CCC32)c1. The third-order valence-corrected chi connectivity index (χ3v) is 6.14. The molecule has 0 saturated heterocycles. The maximum absolute atomic E-state index is 6.26. The second kappa shape index (κ2) is 8.45. The summed E-state index contributed by atoms with van der Waals surface area (Å²) in [6.45, 7) is 1.03. The van der Waals surface area contributed by atoms with Crippen molar-refractivity contribution >= 4 is 17.3 Å². The number of benzene rings is 3. The van der Waals surface area contributed by atoms with Crippen LogP contribution in [0.4, 0.5) is 5.69 Å². The van der Waals surface area contributed by atoms with Crippen molar-refractivity contribution in [2.45, 2.75) is 18.4 Å². The summed E-state index contributed by atoms with van der Waals surface area (Å²) in [6, 6.07) is 24.6. The average Bonchev–Trinajstić information content (AvgIpc) is 3.27. The van der Waals surface area contributed by atoms with Crippen molar-refractivity contribution in [2.24, 2.45) is 5.92 Å². The fourth-order valence-electron chi connectivity index (χ4n) is 4.53. The third-order valence-electron chi connectivity index (χ3n) is 5.91. The van der Waals surface area contributed by atoms with Crippen LogP contribution in [0.25, 0.3) is 0 Å². The number of halogens is 1. The number of ether oxygens (including phenoxy) is 2. The zero-order valence-corrected chi connectivity index (χ0v) is 17.4. The van der Waals surface area contributed by atoms with E-state index in [1.807, 2.05) is 48.5 Å². The van der Waals surface area contributed by atoms with Gasteiger partial charge in [0.1, 0.15) is 24.7 Å². The quantitative estimate of drug-likeness (QED) is 0.361. The fourth-order valence-corrected chi connectivity index (χ4v) is 4.73. The lowest BCUT2D eigenvalue weighted by atomic mass is 9.77. The fraction of sp³-hybridized carbons (Fsp3) is 0.231. The first-order valence-corrected chi connectivity index (χ1v) is 10.8. The molecule has 3 aromatic rings. The monoisotopic (exact) mass is 417 g/mol. The second-order valence-corrected chi connectivity index (χ2v) is 8.23. The summed E-state index contributed by atoms with van der Waals surface area (Å²) >= 11 is 6.26. The molecule has 1 aliphatic carbocycles. The summed E-state index contributed by atoms with van der Waals surface area (Å²) in [5.41, 5.74) is 3.71. The van der Waals surface area contributed by atoms with Gasteiger partial charge in [-0.25, -0.2) is 0 Å². The Kier molecular flexibility index (Phi) is 5.37. The van der Waals surface area contributed by atoms with Crippen molar-refractivity contribution in [1.82, 2.24) is 0 Å². The molecule has 1 N–H and O–H groups in total. The van der Waals surface area contributed by atoms with E-state index in [1.54, 1.807) is 0 Å². The lowest BCUT2D eigenvalue weighted by molar-refractivity contribution is 0.217. The smallest absolute Gasteiger partial charge is 0.122 e. The molecule has 2 aliphatic rings. The molecule has 0 bridgehead atoms. The predicted octanol–water partition coefficient (Wildman–Crippen LogP) is 6.62. The van der Waals surface area contributed by atoms with Gasteiger partial charge in [0.15, 0.2) is 0 Å². The minimum Gasteiger partial charge on any atom is -0.490 e. The van der Waals surface area contributed by atoms with Crippen LogP contribution in [0.1, 0.15) is 29.5 Å². The standard InChI is InChI=1S/C26H24ClNO2/c27-19-7-4-6-18(16-19)26-23-11-5-10-22(23)24-17-21(12-13-25(24)28-26)30-15-14-29-20-8-2-1-3-9-20/h1-10,12-13,16-17,22-23,26,28H,11,14-15H2. The van der Waals surface area contributed by atoms with E-state index in [0.29, 0.717) is 25.0 Å². The predicted molar refractivity (Wildman–Crippen MR) is 122 cm³/mol. The van der Waals surface area contributed by atoms with Gasteiger partial charge in [-0.15, -0.1) is 0 Å². The molecular formula is C26H24ClNO2. The third kappa shape index (κ3) is 3.90. The summed E-state index contributed by atoms with van der Waals surface area (Å²) in [6.07, 6.45) is 5.69. The highest BCUT2D eigenvalue weighted by Gasteiger charge is 2.38. The molecule has 5 rings (SSSR count). The van der Waals surface area contributed by atoms with Gasteiger partial charge in [-0.1, -0.05) is 54.1 Å². The number of anilines is 1. The van der Waals surface area contributed by atoms with Gasteiger partial charge in [-0.3, -0.25) is 0 Å². The van der Waals surface area contributed by atoms with Gasteiger partial charge in [0, 0.05) is 16.6 Å². The van der Waals surface area contributed by atoms with Gasteiger partial charge in [-0.2, -0.15) is 0 Å². The van der Waals surface area contributed by atoms with Crippen LogP contribution in [0.3, 0.4) is 0 Å². The Morgan fingerprint density at radius 1 is 0.867 bits per heavy atom. The Morgan fingerprint density at radius 3 is 2.53 bits per heavy atom. The minimum atomic E-state index is 0.252. The van der Waals surface area contributed by atoms with Crippen molar-refractivity contribution < 1.29 is 9.47 Å². The Bertz CT molecular complexity index is 1050. The van der Waals surface area contributed by atoms with Gasteiger partial charge in [0.05, 0.1) is 6.04 Å².